The fourth-order valence-corrected chi connectivity index (χ4v) is 2.91. The molecule has 2 N–H and O–H groups in total. The van der Waals surface area contributed by atoms with Gasteiger partial charge in [0.25, 0.3) is 0 Å². The highest BCUT2D eigenvalue weighted by atomic mass is 19.4. The zero-order chi connectivity index (χ0) is 19.2. The molecule has 0 saturated carbocycles. The molecule has 0 aliphatic carbocycles. The lowest BCUT2D eigenvalue weighted by Gasteiger charge is -2.13. The number of aryl methyl sites for hydroxylation is 1. The van der Waals surface area contributed by atoms with E-state index in [2.05, 4.69) is 20.3 Å². The van der Waals surface area contributed by atoms with Gasteiger partial charge in [0.1, 0.15) is 5.69 Å². The van der Waals surface area contributed by atoms with Crippen LogP contribution in [0.25, 0.3) is 33.3 Å². The molecule has 4 aromatic rings. The number of halogens is 3. The van der Waals surface area contributed by atoms with Crippen LogP contribution < -0.4 is 5.73 Å². The van der Waals surface area contributed by atoms with Crippen LogP contribution in [0.2, 0.25) is 0 Å². The monoisotopic (exact) mass is 370 g/mol. The van der Waals surface area contributed by atoms with Crippen LogP contribution in [0.1, 0.15) is 5.56 Å². The minimum absolute atomic E-state index is 0.202. The van der Waals surface area contributed by atoms with Crippen molar-refractivity contribution >= 4 is 16.6 Å². The Kier molecular flexibility index (Phi) is 3.79. The number of hydrogen-bond donors (Lipinski definition) is 1. The smallest absolute Gasteiger partial charge is 0.382 e. The van der Waals surface area contributed by atoms with Gasteiger partial charge in [0.2, 0.25) is 0 Å². The third kappa shape index (κ3) is 2.97. The maximum Gasteiger partial charge on any atom is 0.416 e. The molecule has 0 radical (unpaired) electrons. The van der Waals surface area contributed by atoms with Gasteiger partial charge in [0, 0.05) is 47.5 Å². The van der Waals surface area contributed by atoms with Gasteiger partial charge >= 0.3 is 6.18 Å². The number of pyridine rings is 1. The van der Waals surface area contributed by atoms with E-state index in [-0.39, 0.29) is 5.82 Å². The van der Waals surface area contributed by atoms with Gasteiger partial charge in [-0.25, -0.2) is 0 Å². The molecule has 0 atom stereocenters. The first-order valence-corrected chi connectivity index (χ1v) is 7.92. The highest BCUT2D eigenvalue weighted by molar-refractivity contribution is 6.01. The van der Waals surface area contributed by atoms with Crippen molar-refractivity contribution in [1.29, 1.82) is 0 Å². The molecule has 0 aliphatic rings. The number of nitrogens with zero attached hydrogens (tertiary/aromatic N) is 5. The van der Waals surface area contributed by atoms with Gasteiger partial charge in [0.05, 0.1) is 11.3 Å². The molecule has 9 heteroatoms. The number of benzene rings is 1. The summed E-state index contributed by atoms with van der Waals surface area (Å²) in [5.74, 6) is 0.202. The number of fused-ring (bicyclic) bond motifs is 1. The maximum absolute atomic E-state index is 13.3. The second kappa shape index (κ2) is 6.04. The summed E-state index contributed by atoms with van der Waals surface area (Å²) in [4.78, 5) is 4.03. The standard InChI is InChI=1S/C18H13F3N6/c1-27-7-5-15(26-27)13-8-10(18(19,20)21)2-3-11(13)16-12-4-6-23-9-14(12)17(22)25-24-16/h2-9H,1H3,(H2,22,25). The van der Waals surface area contributed by atoms with Gasteiger partial charge in [-0.05, 0) is 24.3 Å². The first-order valence-electron chi connectivity index (χ1n) is 7.92. The number of nitrogen functional groups attached to an aromatic ring is 1. The van der Waals surface area contributed by atoms with Crippen LogP contribution in [0.3, 0.4) is 0 Å². The van der Waals surface area contributed by atoms with Crippen LogP contribution in [0.5, 0.6) is 0 Å². The van der Waals surface area contributed by atoms with Gasteiger partial charge < -0.3 is 5.73 Å². The average Bonchev–Trinajstić information content (AvgIpc) is 3.07. The first-order chi connectivity index (χ1) is 12.8. The zero-order valence-corrected chi connectivity index (χ0v) is 14.1. The normalized spacial score (nSPS) is 11.9. The van der Waals surface area contributed by atoms with Crippen molar-refractivity contribution in [2.45, 2.75) is 6.18 Å². The molecule has 3 aromatic heterocycles. The van der Waals surface area contributed by atoms with Crippen molar-refractivity contribution in [3.05, 3.63) is 54.5 Å². The van der Waals surface area contributed by atoms with Crippen molar-refractivity contribution in [3.8, 4) is 22.5 Å². The molecule has 3 heterocycles. The molecule has 0 saturated heterocycles. The Bertz CT molecular complexity index is 1150. The Balaban J connectivity index is 2.03. The highest BCUT2D eigenvalue weighted by Crippen LogP contribution is 2.39. The van der Waals surface area contributed by atoms with E-state index < -0.39 is 11.7 Å². The Labute approximate surface area is 151 Å². The van der Waals surface area contributed by atoms with Gasteiger partial charge in [0.15, 0.2) is 5.82 Å². The molecule has 6 nitrogen and oxygen atoms in total. The highest BCUT2D eigenvalue weighted by Gasteiger charge is 2.31. The van der Waals surface area contributed by atoms with Gasteiger partial charge in [-0.3, -0.25) is 9.67 Å². The van der Waals surface area contributed by atoms with E-state index in [1.807, 2.05) is 0 Å². The molecule has 4 rings (SSSR count). The minimum Gasteiger partial charge on any atom is -0.382 e. The molecule has 1 aromatic carbocycles. The first kappa shape index (κ1) is 17.0. The third-order valence-corrected chi connectivity index (χ3v) is 4.20. The number of aromatic nitrogens is 5. The molecule has 0 unspecified atom stereocenters. The van der Waals surface area contributed by atoms with Gasteiger partial charge in [-0.1, -0.05) is 6.07 Å². The Morgan fingerprint density at radius 1 is 1.00 bits per heavy atom. The van der Waals surface area contributed by atoms with E-state index in [9.17, 15) is 13.2 Å². The lowest BCUT2D eigenvalue weighted by Crippen LogP contribution is -2.06. The molecule has 0 fully saturated rings. The average molecular weight is 370 g/mol. The summed E-state index contributed by atoms with van der Waals surface area (Å²) < 4.78 is 41.3. The van der Waals surface area contributed by atoms with Crippen molar-refractivity contribution in [1.82, 2.24) is 25.0 Å². The Morgan fingerprint density at radius 2 is 1.81 bits per heavy atom. The van der Waals surface area contributed by atoms with Crippen LogP contribution in [0.15, 0.2) is 48.9 Å². The number of alkyl halides is 3. The summed E-state index contributed by atoms with van der Waals surface area (Å²) in [6.07, 6.45) is 0.307. The predicted molar refractivity (Wildman–Crippen MR) is 94.4 cm³/mol. The van der Waals surface area contributed by atoms with Gasteiger partial charge in [-0.15, -0.1) is 10.2 Å². The second-order valence-electron chi connectivity index (χ2n) is 5.99. The number of hydrogen-bond acceptors (Lipinski definition) is 5. The summed E-state index contributed by atoms with van der Waals surface area (Å²) in [5, 5.41) is 13.6. The molecular weight excluding hydrogens is 357 g/mol. The second-order valence-corrected chi connectivity index (χ2v) is 5.99. The number of anilines is 1. The quantitative estimate of drug-likeness (QED) is 0.582. The number of rotatable bonds is 2. The molecule has 0 bridgehead atoms. The van der Waals surface area contributed by atoms with E-state index >= 15 is 0 Å². The summed E-state index contributed by atoms with van der Waals surface area (Å²) in [6, 6.07) is 6.82. The Hall–Kier alpha value is -3.49. The lowest BCUT2D eigenvalue weighted by atomic mass is 9.96. The van der Waals surface area contributed by atoms with E-state index in [1.165, 1.54) is 10.7 Å². The summed E-state index contributed by atoms with van der Waals surface area (Å²) in [7, 11) is 1.70. The molecule has 27 heavy (non-hydrogen) atoms. The zero-order valence-electron chi connectivity index (χ0n) is 14.1. The summed E-state index contributed by atoms with van der Waals surface area (Å²) in [6.45, 7) is 0. The van der Waals surface area contributed by atoms with Crippen LogP contribution >= 0.6 is 0 Å². The van der Waals surface area contributed by atoms with E-state index in [0.29, 0.717) is 33.3 Å². The van der Waals surface area contributed by atoms with Crippen LogP contribution in [0, 0.1) is 0 Å². The fraction of sp³-hybridized carbons (Fsp3) is 0.111. The molecular formula is C18H13F3N6. The largest absolute Gasteiger partial charge is 0.416 e. The fourth-order valence-electron chi connectivity index (χ4n) is 2.91. The van der Waals surface area contributed by atoms with E-state index in [0.717, 1.165) is 12.1 Å². The summed E-state index contributed by atoms with van der Waals surface area (Å²) in [5.41, 5.74) is 6.70. The van der Waals surface area contributed by atoms with Crippen LogP contribution in [-0.4, -0.2) is 25.0 Å². The van der Waals surface area contributed by atoms with Crippen LogP contribution in [0.4, 0.5) is 19.0 Å². The lowest BCUT2D eigenvalue weighted by molar-refractivity contribution is -0.137. The van der Waals surface area contributed by atoms with Gasteiger partial charge in [-0.2, -0.15) is 18.3 Å². The van der Waals surface area contributed by atoms with E-state index in [4.69, 9.17) is 5.73 Å². The Morgan fingerprint density at radius 3 is 2.52 bits per heavy atom. The topological polar surface area (TPSA) is 82.5 Å². The van der Waals surface area contributed by atoms with Crippen molar-refractivity contribution < 1.29 is 13.2 Å². The third-order valence-electron chi connectivity index (χ3n) is 4.20. The maximum atomic E-state index is 13.3. The van der Waals surface area contributed by atoms with Crippen molar-refractivity contribution in [2.75, 3.05) is 5.73 Å². The van der Waals surface area contributed by atoms with Crippen molar-refractivity contribution in [3.63, 3.8) is 0 Å². The molecule has 0 amide bonds. The van der Waals surface area contributed by atoms with Crippen molar-refractivity contribution in [2.24, 2.45) is 7.05 Å². The van der Waals surface area contributed by atoms with Crippen LogP contribution in [-0.2, 0) is 13.2 Å². The van der Waals surface area contributed by atoms with E-state index in [1.54, 1.807) is 37.8 Å². The molecule has 0 aliphatic heterocycles. The summed E-state index contributed by atoms with van der Waals surface area (Å²) >= 11 is 0. The molecule has 136 valence electrons. The number of nitrogens with two attached hydrogens (primary N) is 1. The predicted octanol–water partition coefficient (Wildman–Crippen LogP) is 3.69. The molecule has 0 spiro atoms. The SMILES string of the molecule is Cn1ccc(-c2cc(C(F)(F)F)ccc2-c2nnc(N)c3cnccc23)n1. The minimum atomic E-state index is -4.47.